The van der Waals surface area contributed by atoms with Crippen molar-refractivity contribution in [2.75, 3.05) is 19.7 Å². The van der Waals surface area contributed by atoms with Gasteiger partial charge in [0.1, 0.15) is 10.6 Å². The number of hydrogen-bond acceptors (Lipinski definition) is 4. The van der Waals surface area contributed by atoms with Crippen molar-refractivity contribution in [3.63, 3.8) is 0 Å². The quantitative estimate of drug-likeness (QED) is 0.905. The molecule has 1 aliphatic heterocycles. The summed E-state index contributed by atoms with van der Waals surface area (Å²) >= 11 is 0. The number of benzene rings is 1. The van der Waals surface area contributed by atoms with Gasteiger partial charge in [-0.05, 0) is 31.5 Å². The number of para-hydroxylation sites is 1. The fourth-order valence-electron chi connectivity index (χ4n) is 2.17. The molecule has 1 unspecified atom stereocenters. The van der Waals surface area contributed by atoms with E-state index in [2.05, 4.69) is 5.32 Å². The van der Waals surface area contributed by atoms with Gasteiger partial charge in [0.25, 0.3) is 0 Å². The average molecular weight is 305 g/mol. The van der Waals surface area contributed by atoms with Crippen LogP contribution in [0.1, 0.15) is 12.8 Å². The summed E-state index contributed by atoms with van der Waals surface area (Å²) in [6, 6.07) is 5.53. The van der Waals surface area contributed by atoms with Crippen LogP contribution in [0.3, 0.4) is 0 Å². The Balaban J connectivity index is 2.12. The molecule has 112 valence electrons. The number of halogens is 2. The van der Waals surface area contributed by atoms with E-state index in [-0.39, 0.29) is 11.7 Å². The molecule has 1 saturated heterocycles. The fraction of sp³-hybridized carbons (Fsp3) is 0.538. The highest BCUT2D eigenvalue weighted by Gasteiger charge is 2.30. The van der Waals surface area contributed by atoms with E-state index in [1.165, 1.54) is 12.1 Å². The molecule has 1 aromatic carbocycles. The highest BCUT2D eigenvalue weighted by Crippen LogP contribution is 2.28. The zero-order valence-corrected chi connectivity index (χ0v) is 11.7. The molecular weight excluding hydrogens is 288 g/mol. The summed E-state index contributed by atoms with van der Waals surface area (Å²) in [6.07, 6.45) is 2.02. The van der Waals surface area contributed by atoms with Gasteiger partial charge in [0.15, 0.2) is 0 Å². The molecule has 0 aliphatic carbocycles. The predicted molar refractivity (Wildman–Crippen MR) is 70.7 cm³/mol. The monoisotopic (exact) mass is 305 g/mol. The molecule has 2 rings (SSSR count). The van der Waals surface area contributed by atoms with Crippen molar-refractivity contribution in [2.45, 2.75) is 23.5 Å². The van der Waals surface area contributed by atoms with Crippen LogP contribution in [-0.2, 0) is 9.84 Å². The number of nitrogens with one attached hydrogen (secondary N) is 1. The minimum Gasteiger partial charge on any atom is -0.492 e. The van der Waals surface area contributed by atoms with E-state index in [0.29, 0.717) is 6.61 Å². The molecule has 7 heteroatoms. The molecule has 1 fully saturated rings. The lowest BCUT2D eigenvalue weighted by Gasteiger charge is -2.23. The van der Waals surface area contributed by atoms with Crippen molar-refractivity contribution in [3.05, 3.63) is 24.3 Å². The number of rotatable bonds is 5. The summed E-state index contributed by atoms with van der Waals surface area (Å²) in [7, 11) is -4.63. The minimum atomic E-state index is -4.63. The Kier molecular flexibility index (Phi) is 4.93. The number of hydrogen-bond donors (Lipinski definition) is 1. The van der Waals surface area contributed by atoms with Crippen LogP contribution in [0.25, 0.3) is 0 Å². The second-order valence-electron chi connectivity index (χ2n) is 4.78. The third-order valence-corrected chi connectivity index (χ3v) is 4.68. The molecular formula is C13H17F2NO3S. The van der Waals surface area contributed by atoms with Crippen LogP contribution < -0.4 is 10.1 Å². The first-order valence-electron chi connectivity index (χ1n) is 6.46. The molecule has 1 N–H and O–H groups in total. The van der Waals surface area contributed by atoms with Crippen LogP contribution in [0.5, 0.6) is 5.75 Å². The van der Waals surface area contributed by atoms with Crippen molar-refractivity contribution >= 4 is 9.84 Å². The molecule has 1 heterocycles. The van der Waals surface area contributed by atoms with Gasteiger partial charge in [-0.3, -0.25) is 0 Å². The summed E-state index contributed by atoms with van der Waals surface area (Å²) < 4.78 is 53.8. The van der Waals surface area contributed by atoms with E-state index >= 15 is 0 Å². The van der Waals surface area contributed by atoms with Crippen molar-refractivity contribution in [1.29, 1.82) is 0 Å². The average Bonchev–Trinajstić information content (AvgIpc) is 2.46. The third kappa shape index (κ3) is 3.46. The van der Waals surface area contributed by atoms with Gasteiger partial charge in [-0.1, -0.05) is 12.1 Å². The summed E-state index contributed by atoms with van der Waals surface area (Å²) in [5.74, 6) is -3.17. The topological polar surface area (TPSA) is 55.4 Å². The number of alkyl halides is 2. The van der Waals surface area contributed by atoms with Gasteiger partial charge in [-0.2, -0.15) is 8.78 Å². The normalized spacial score (nSPS) is 20.1. The smallest absolute Gasteiger partial charge is 0.341 e. The van der Waals surface area contributed by atoms with Crippen molar-refractivity contribution < 1.29 is 21.9 Å². The fourth-order valence-corrected chi connectivity index (χ4v) is 3.04. The van der Waals surface area contributed by atoms with E-state index in [9.17, 15) is 17.2 Å². The Morgan fingerprint density at radius 2 is 2.10 bits per heavy atom. The highest BCUT2D eigenvalue weighted by molar-refractivity contribution is 7.91. The number of piperidine rings is 1. The molecule has 0 amide bonds. The van der Waals surface area contributed by atoms with Crippen LogP contribution in [0.4, 0.5) is 8.78 Å². The second kappa shape index (κ2) is 6.49. The molecule has 0 spiro atoms. The molecule has 4 nitrogen and oxygen atoms in total. The lowest BCUT2D eigenvalue weighted by molar-refractivity contribution is 0.211. The summed E-state index contributed by atoms with van der Waals surface area (Å²) in [6.45, 7) is 2.08. The molecule has 0 saturated carbocycles. The minimum absolute atomic E-state index is 0.00151. The molecule has 0 radical (unpaired) electrons. The maximum Gasteiger partial charge on any atom is 0.341 e. The Hall–Kier alpha value is -1.21. The van der Waals surface area contributed by atoms with E-state index in [1.54, 1.807) is 6.07 Å². The summed E-state index contributed by atoms with van der Waals surface area (Å²) in [5.41, 5.74) is 0. The lowest BCUT2D eigenvalue weighted by Crippen LogP contribution is -2.33. The van der Waals surface area contributed by atoms with Gasteiger partial charge < -0.3 is 10.1 Å². The standard InChI is InChI=1S/C13H17F2NO3S/c14-13(15)20(17,18)12-6-2-1-5-11(12)19-9-10-4-3-7-16-8-10/h1-2,5-6,10,13,16H,3-4,7-9H2. The van der Waals surface area contributed by atoms with Gasteiger partial charge in [0.05, 0.1) is 6.61 Å². The van der Waals surface area contributed by atoms with E-state index in [4.69, 9.17) is 4.74 Å². The first-order valence-corrected chi connectivity index (χ1v) is 8.01. The second-order valence-corrected chi connectivity index (χ2v) is 6.66. The first-order chi connectivity index (χ1) is 9.51. The van der Waals surface area contributed by atoms with Crippen molar-refractivity contribution in [2.24, 2.45) is 5.92 Å². The van der Waals surface area contributed by atoms with Crippen LogP contribution in [0.15, 0.2) is 29.2 Å². The van der Waals surface area contributed by atoms with Crippen molar-refractivity contribution in [3.8, 4) is 5.75 Å². The zero-order valence-electron chi connectivity index (χ0n) is 10.9. The van der Waals surface area contributed by atoms with Crippen LogP contribution >= 0.6 is 0 Å². The molecule has 20 heavy (non-hydrogen) atoms. The Morgan fingerprint density at radius 1 is 1.35 bits per heavy atom. The zero-order chi connectivity index (χ0) is 14.6. The molecule has 0 bridgehead atoms. The van der Waals surface area contributed by atoms with E-state index < -0.39 is 20.5 Å². The third-order valence-electron chi connectivity index (χ3n) is 3.26. The van der Waals surface area contributed by atoms with Crippen molar-refractivity contribution in [1.82, 2.24) is 5.32 Å². The first kappa shape index (κ1) is 15.2. The van der Waals surface area contributed by atoms with Gasteiger partial charge in [0.2, 0.25) is 9.84 Å². The number of sulfone groups is 1. The maximum absolute atomic E-state index is 12.6. The number of ether oxygens (including phenoxy) is 1. The van der Waals surface area contributed by atoms with Gasteiger partial charge in [-0.25, -0.2) is 8.42 Å². The highest BCUT2D eigenvalue weighted by atomic mass is 32.2. The van der Waals surface area contributed by atoms with E-state index in [0.717, 1.165) is 32.0 Å². The van der Waals surface area contributed by atoms with E-state index in [1.807, 2.05) is 0 Å². The summed E-state index contributed by atoms with van der Waals surface area (Å²) in [5, 5.41) is 3.22. The van der Waals surface area contributed by atoms with Gasteiger partial charge >= 0.3 is 5.76 Å². The van der Waals surface area contributed by atoms with Gasteiger partial charge in [0, 0.05) is 12.5 Å². The Morgan fingerprint density at radius 3 is 2.75 bits per heavy atom. The Labute approximate surface area is 117 Å². The van der Waals surface area contributed by atoms with Crippen LogP contribution in [-0.4, -0.2) is 33.9 Å². The maximum atomic E-state index is 12.6. The Bertz CT molecular complexity index is 542. The SMILES string of the molecule is O=S(=O)(c1ccccc1OCC1CCCNC1)C(F)F. The predicted octanol–water partition coefficient (Wildman–Crippen LogP) is 2.06. The molecule has 1 aromatic rings. The van der Waals surface area contributed by atoms with Gasteiger partial charge in [-0.15, -0.1) is 0 Å². The summed E-state index contributed by atoms with van der Waals surface area (Å²) in [4.78, 5) is -0.446. The molecule has 1 atom stereocenters. The molecule has 1 aliphatic rings. The van der Waals surface area contributed by atoms with Crippen LogP contribution in [0, 0.1) is 5.92 Å². The largest absolute Gasteiger partial charge is 0.492 e. The van der Waals surface area contributed by atoms with Crippen LogP contribution in [0.2, 0.25) is 0 Å². The lowest BCUT2D eigenvalue weighted by atomic mass is 10.0. The molecule has 0 aromatic heterocycles.